The van der Waals surface area contributed by atoms with E-state index in [1.54, 1.807) is 11.9 Å². The molecule has 1 aromatic rings. The largest absolute Gasteiger partial charge is 0.349 e. The van der Waals surface area contributed by atoms with Crippen LogP contribution in [0, 0.1) is 0 Å². The van der Waals surface area contributed by atoms with Gasteiger partial charge in [0.1, 0.15) is 0 Å². The lowest BCUT2D eigenvalue weighted by atomic mass is 9.96. The van der Waals surface area contributed by atoms with Crippen molar-refractivity contribution in [1.82, 2.24) is 18.8 Å². The molecule has 0 radical (unpaired) electrons. The van der Waals surface area contributed by atoms with Gasteiger partial charge < -0.3 is 10.2 Å². The molecule has 1 unspecified atom stereocenters. The minimum Gasteiger partial charge on any atom is -0.349 e. The van der Waals surface area contributed by atoms with Crippen molar-refractivity contribution in [2.45, 2.75) is 57.5 Å². The second kappa shape index (κ2) is 10.6. The maximum Gasteiger partial charge on any atom is 0.282 e. The molecule has 0 aromatic heterocycles. The number of hydrogen-bond acceptors (Lipinski definition) is 4. The molecular weight excluding hydrogens is 416 g/mol. The SMILES string of the molecule is CC(=O)NC(CC(=O)N1CCN(S(=O)(=O)N(C)C2CCCCC2)CC1)c1ccccc1. The first-order valence-corrected chi connectivity index (χ1v) is 12.5. The van der Waals surface area contributed by atoms with Crippen molar-refractivity contribution >= 4 is 22.0 Å². The van der Waals surface area contributed by atoms with Gasteiger partial charge in [-0.3, -0.25) is 9.59 Å². The van der Waals surface area contributed by atoms with E-state index in [4.69, 9.17) is 0 Å². The molecule has 0 spiro atoms. The van der Waals surface area contributed by atoms with Gasteiger partial charge in [0.25, 0.3) is 10.2 Å². The van der Waals surface area contributed by atoms with Crippen LogP contribution in [0.1, 0.15) is 57.1 Å². The average Bonchev–Trinajstić information content (AvgIpc) is 2.79. The zero-order chi connectivity index (χ0) is 22.4. The number of carbonyl (C=O) groups excluding carboxylic acids is 2. The van der Waals surface area contributed by atoms with Crippen molar-refractivity contribution in [3.05, 3.63) is 35.9 Å². The van der Waals surface area contributed by atoms with E-state index in [-0.39, 0.29) is 24.3 Å². The molecule has 1 N–H and O–H groups in total. The van der Waals surface area contributed by atoms with Crippen molar-refractivity contribution < 1.29 is 18.0 Å². The summed E-state index contributed by atoms with van der Waals surface area (Å²) >= 11 is 0. The van der Waals surface area contributed by atoms with Crippen LogP contribution in [0.4, 0.5) is 0 Å². The molecule has 1 aromatic carbocycles. The summed E-state index contributed by atoms with van der Waals surface area (Å²) in [5, 5.41) is 2.85. The Morgan fingerprint density at radius 3 is 2.26 bits per heavy atom. The Morgan fingerprint density at radius 2 is 1.68 bits per heavy atom. The first-order valence-electron chi connectivity index (χ1n) is 11.1. The molecule has 1 atom stereocenters. The second-order valence-corrected chi connectivity index (χ2v) is 10.5. The number of rotatable bonds is 7. The fourth-order valence-corrected chi connectivity index (χ4v) is 6.05. The summed E-state index contributed by atoms with van der Waals surface area (Å²) in [7, 11) is -1.84. The third kappa shape index (κ3) is 6.05. The Bertz CT molecular complexity index is 848. The monoisotopic (exact) mass is 450 g/mol. The first kappa shape index (κ1) is 23.7. The molecule has 1 saturated carbocycles. The number of nitrogens with one attached hydrogen (secondary N) is 1. The molecule has 9 heteroatoms. The minimum atomic E-state index is -3.52. The highest BCUT2D eigenvalue weighted by Gasteiger charge is 2.35. The van der Waals surface area contributed by atoms with Gasteiger partial charge in [0.05, 0.1) is 12.5 Å². The van der Waals surface area contributed by atoms with Gasteiger partial charge in [0.2, 0.25) is 11.8 Å². The van der Waals surface area contributed by atoms with Crippen LogP contribution in [0.2, 0.25) is 0 Å². The topological polar surface area (TPSA) is 90.0 Å². The quantitative estimate of drug-likeness (QED) is 0.687. The molecule has 2 aliphatic rings. The summed E-state index contributed by atoms with van der Waals surface area (Å²) in [6.45, 7) is 2.74. The lowest BCUT2D eigenvalue weighted by Gasteiger charge is -2.39. The number of amides is 2. The number of carbonyl (C=O) groups is 2. The van der Waals surface area contributed by atoms with Gasteiger partial charge in [-0.05, 0) is 18.4 Å². The van der Waals surface area contributed by atoms with Gasteiger partial charge in [-0.1, -0.05) is 49.6 Å². The summed E-state index contributed by atoms with van der Waals surface area (Å²) in [4.78, 5) is 26.2. The lowest BCUT2D eigenvalue weighted by molar-refractivity contribution is -0.133. The minimum absolute atomic E-state index is 0.0719. The zero-order valence-corrected chi connectivity index (χ0v) is 19.3. The molecule has 1 aliphatic carbocycles. The summed E-state index contributed by atoms with van der Waals surface area (Å²) < 4.78 is 29.1. The zero-order valence-electron chi connectivity index (χ0n) is 18.5. The van der Waals surface area contributed by atoms with Gasteiger partial charge in [-0.2, -0.15) is 17.0 Å². The van der Waals surface area contributed by atoms with E-state index in [9.17, 15) is 18.0 Å². The predicted molar refractivity (Wildman–Crippen MR) is 119 cm³/mol. The van der Waals surface area contributed by atoms with Crippen molar-refractivity contribution in [2.75, 3.05) is 33.2 Å². The highest BCUT2D eigenvalue weighted by molar-refractivity contribution is 7.86. The first-order chi connectivity index (χ1) is 14.8. The highest BCUT2D eigenvalue weighted by Crippen LogP contribution is 2.25. The van der Waals surface area contributed by atoms with Crippen molar-refractivity contribution in [3.63, 3.8) is 0 Å². The van der Waals surface area contributed by atoms with E-state index >= 15 is 0 Å². The van der Waals surface area contributed by atoms with E-state index in [2.05, 4.69) is 5.32 Å². The van der Waals surface area contributed by atoms with Crippen LogP contribution in [0.15, 0.2) is 30.3 Å². The van der Waals surface area contributed by atoms with Gasteiger partial charge in [0, 0.05) is 46.2 Å². The van der Waals surface area contributed by atoms with Crippen LogP contribution >= 0.6 is 0 Å². The van der Waals surface area contributed by atoms with Crippen LogP contribution < -0.4 is 5.32 Å². The predicted octanol–water partition coefficient (Wildman–Crippen LogP) is 1.91. The maximum atomic E-state index is 13.0. The molecule has 2 amide bonds. The normalized spacial score (nSPS) is 19.9. The molecule has 2 fully saturated rings. The van der Waals surface area contributed by atoms with E-state index in [1.807, 2.05) is 30.3 Å². The molecule has 172 valence electrons. The van der Waals surface area contributed by atoms with Crippen LogP contribution in [0.5, 0.6) is 0 Å². The van der Waals surface area contributed by atoms with Gasteiger partial charge in [0.15, 0.2) is 0 Å². The van der Waals surface area contributed by atoms with Gasteiger partial charge in [-0.15, -0.1) is 0 Å². The maximum absolute atomic E-state index is 13.0. The molecule has 3 rings (SSSR count). The highest BCUT2D eigenvalue weighted by atomic mass is 32.2. The van der Waals surface area contributed by atoms with E-state index in [1.165, 1.54) is 22.0 Å². The molecule has 0 bridgehead atoms. The Morgan fingerprint density at radius 1 is 1.06 bits per heavy atom. The standard InChI is InChI=1S/C22H34N4O4S/c1-18(27)23-21(19-9-5-3-6-10-19)17-22(28)25-13-15-26(16-14-25)31(29,30)24(2)20-11-7-4-8-12-20/h3,5-6,9-10,20-21H,4,7-8,11-17H2,1-2H3,(H,23,27). The lowest BCUT2D eigenvalue weighted by Crippen LogP contribution is -2.55. The number of nitrogens with zero attached hydrogens (tertiary/aromatic N) is 3. The Labute approximate surface area is 185 Å². The van der Waals surface area contributed by atoms with Crippen molar-refractivity contribution in [2.24, 2.45) is 0 Å². The second-order valence-electron chi connectivity index (χ2n) is 8.46. The van der Waals surface area contributed by atoms with E-state index in [0.29, 0.717) is 26.2 Å². The number of benzene rings is 1. The van der Waals surface area contributed by atoms with Crippen LogP contribution in [0.3, 0.4) is 0 Å². The molecule has 1 saturated heterocycles. The van der Waals surface area contributed by atoms with Gasteiger partial charge in [-0.25, -0.2) is 0 Å². The summed E-state index contributed by atoms with van der Waals surface area (Å²) in [6.07, 6.45) is 5.30. The van der Waals surface area contributed by atoms with Crippen LogP contribution in [-0.2, 0) is 19.8 Å². The summed E-state index contributed by atoms with van der Waals surface area (Å²) in [6, 6.07) is 9.09. The molecule has 31 heavy (non-hydrogen) atoms. The Hall–Kier alpha value is -1.97. The average molecular weight is 451 g/mol. The smallest absolute Gasteiger partial charge is 0.282 e. The number of piperazine rings is 1. The van der Waals surface area contributed by atoms with Gasteiger partial charge >= 0.3 is 0 Å². The third-order valence-corrected chi connectivity index (χ3v) is 8.37. The van der Waals surface area contributed by atoms with Crippen LogP contribution in [0.25, 0.3) is 0 Å². The molecule has 1 aliphatic heterocycles. The Kier molecular flexibility index (Phi) is 8.07. The number of hydrogen-bond donors (Lipinski definition) is 1. The molecule has 8 nitrogen and oxygen atoms in total. The van der Waals surface area contributed by atoms with Crippen molar-refractivity contribution in [1.29, 1.82) is 0 Å². The third-order valence-electron chi connectivity index (χ3n) is 6.33. The summed E-state index contributed by atoms with van der Waals surface area (Å²) in [5.74, 6) is -0.274. The van der Waals surface area contributed by atoms with E-state index in [0.717, 1.165) is 31.2 Å². The molecule has 1 heterocycles. The van der Waals surface area contributed by atoms with E-state index < -0.39 is 16.3 Å². The summed E-state index contributed by atoms with van der Waals surface area (Å²) in [5.41, 5.74) is 0.876. The fourth-order valence-electron chi connectivity index (χ4n) is 4.47. The fraction of sp³-hybridized carbons (Fsp3) is 0.636. The Balaban J connectivity index is 1.57. The van der Waals surface area contributed by atoms with Crippen LogP contribution in [-0.4, -0.2) is 73.0 Å². The van der Waals surface area contributed by atoms with Crippen molar-refractivity contribution in [3.8, 4) is 0 Å². The molecular formula is C22H34N4O4S.